The number of aryl methyl sites for hydroxylation is 2. The van der Waals surface area contributed by atoms with Gasteiger partial charge in [0, 0.05) is 10.7 Å². The van der Waals surface area contributed by atoms with E-state index in [4.69, 9.17) is 16.3 Å². The van der Waals surface area contributed by atoms with Gasteiger partial charge >= 0.3 is 0 Å². The molecule has 108 valence electrons. The summed E-state index contributed by atoms with van der Waals surface area (Å²) in [6.45, 7) is 4.08. The number of aromatic nitrogens is 2. The van der Waals surface area contributed by atoms with Gasteiger partial charge in [-0.1, -0.05) is 22.0 Å². The molecule has 0 spiro atoms. The zero-order valence-corrected chi connectivity index (χ0v) is 14.1. The molecule has 2 aromatic heterocycles. The van der Waals surface area contributed by atoms with Crippen LogP contribution in [0, 0.1) is 13.8 Å². The van der Waals surface area contributed by atoms with E-state index in [0.29, 0.717) is 11.8 Å². The van der Waals surface area contributed by atoms with Crippen LogP contribution in [0.3, 0.4) is 0 Å². The second-order valence-corrected chi connectivity index (χ2v) is 5.96. The third kappa shape index (κ3) is 2.65. The maximum absolute atomic E-state index is 6.06. The van der Waals surface area contributed by atoms with Crippen LogP contribution in [0.1, 0.15) is 16.8 Å². The number of fused-ring (bicyclic) bond motifs is 1. The summed E-state index contributed by atoms with van der Waals surface area (Å²) < 4.78 is 9.01. The van der Waals surface area contributed by atoms with Crippen molar-refractivity contribution in [1.82, 2.24) is 9.38 Å². The smallest absolute Gasteiger partial charge is 0.242 e. The molecule has 3 rings (SSSR count). The summed E-state index contributed by atoms with van der Waals surface area (Å²) in [7, 11) is 0. The SMILES string of the molecule is Cc1cc(Oc2nc3ccccn3c2CCl)cc(C)c1Br. The van der Waals surface area contributed by atoms with Crippen LogP contribution < -0.4 is 4.74 Å². The van der Waals surface area contributed by atoms with E-state index in [1.807, 2.05) is 54.8 Å². The van der Waals surface area contributed by atoms with E-state index in [-0.39, 0.29) is 0 Å². The molecule has 0 N–H and O–H groups in total. The fourth-order valence-electron chi connectivity index (χ4n) is 2.31. The Kier molecular flexibility index (Phi) is 3.91. The monoisotopic (exact) mass is 364 g/mol. The van der Waals surface area contributed by atoms with Gasteiger partial charge in [-0.15, -0.1) is 11.6 Å². The lowest BCUT2D eigenvalue weighted by Crippen LogP contribution is -1.93. The minimum absolute atomic E-state index is 0.342. The molecule has 0 unspecified atom stereocenters. The standard InChI is InChI=1S/C16H14BrClN2O/c1-10-7-12(8-11(2)15(10)17)21-16-13(9-18)20-6-4-3-5-14(20)19-16/h3-8H,9H2,1-2H3. The first-order chi connectivity index (χ1) is 10.1. The predicted octanol–water partition coefficient (Wildman–Crippen LogP) is 5.24. The number of ether oxygens (including phenoxy) is 1. The van der Waals surface area contributed by atoms with Crippen LogP contribution in [0.2, 0.25) is 0 Å². The largest absolute Gasteiger partial charge is 0.437 e. The van der Waals surface area contributed by atoms with Crippen molar-refractivity contribution >= 4 is 33.2 Å². The van der Waals surface area contributed by atoms with Crippen LogP contribution in [0.4, 0.5) is 0 Å². The number of pyridine rings is 1. The molecule has 3 nitrogen and oxygen atoms in total. The fourth-order valence-corrected chi connectivity index (χ4v) is 2.78. The van der Waals surface area contributed by atoms with E-state index in [1.165, 1.54) is 0 Å². The van der Waals surface area contributed by atoms with Crippen LogP contribution in [-0.4, -0.2) is 9.38 Å². The van der Waals surface area contributed by atoms with E-state index in [1.54, 1.807) is 0 Å². The Bertz CT molecular complexity index is 790. The van der Waals surface area contributed by atoms with Gasteiger partial charge in [0.25, 0.3) is 0 Å². The van der Waals surface area contributed by atoms with E-state index in [0.717, 1.165) is 32.7 Å². The van der Waals surface area contributed by atoms with Crippen LogP contribution in [0.25, 0.3) is 5.65 Å². The Morgan fingerprint density at radius 1 is 1.24 bits per heavy atom. The maximum Gasteiger partial charge on any atom is 0.242 e. The third-order valence-corrected chi connectivity index (χ3v) is 4.85. The van der Waals surface area contributed by atoms with E-state index >= 15 is 0 Å². The van der Waals surface area contributed by atoms with Gasteiger partial charge in [-0.2, -0.15) is 4.98 Å². The van der Waals surface area contributed by atoms with Gasteiger partial charge in [0.15, 0.2) is 0 Å². The summed E-state index contributed by atoms with van der Waals surface area (Å²) >= 11 is 9.62. The first kappa shape index (κ1) is 14.4. The molecule has 0 bridgehead atoms. The van der Waals surface area contributed by atoms with Gasteiger partial charge in [0.2, 0.25) is 5.88 Å². The van der Waals surface area contributed by atoms with Crippen molar-refractivity contribution in [2.75, 3.05) is 0 Å². The number of imidazole rings is 1. The number of alkyl halides is 1. The van der Waals surface area contributed by atoms with Crippen LogP contribution in [0.15, 0.2) is 41.0 Å². The van der Waals surface area contributed by atoms with Crippen molar-refractivity contribution < 1.29 is 4.74 Å². The summed E-state index contributed by atoms with van der Waals surface area (Å²) in [5.74, 6) is 1.66. The number of hydrogen-bond donors (Lipinski definition) is 0. The quantitative estimate of drug-likeness (QED) is 0.593. The number of nitrogens with zero attached hydrogens (tertiary/aromatic N) is 2. The van der Waals surface area contributed by atoms with E-state index in [2.05, 4.69) is 20.9 Å². The molecule has 21 heavy (non-hydrogen) atoms. The summed E-state index contributed by atoms with van der Waals surface area (Å²) in [5.41, 5.74) is 3.93. The highest BCUT2D eigenvalue weighted by Gasteiger charge is 2.14. The number of benzene rings is 1. The Morgan fingerprint density at radius 3 is 2.62 bits per heavy atom. The Morgan fingerprint density at radius 2 is 1.95 bits per heavy atom. The summed E-state index contributed by atoms with van der Waals surface area (Å²) in [6.07, 6.45) is 1.94. The molecule has 0 aliphatic carbocycles. The third-order valence-electron chi connectivity index (χ3n) is 3.34. The molecule has 1 aromatic carbocycles. The number of hydrogen-bond acceptors (Lipinski definition) is 2. The fraction of sp³-hybridized carbons (Fsp3) is 0.188. The van der Waals surface area contributed by atoms with Crippen molar-refractivity contribution in [3.8, 4) is 11.6 Å². The molecule has 0 amide bonds. The average Bonchev–Trinajstić information content (AvgIpc) is 2.81. The summed E-state index contributed by atoms with van der Waals surface area (Å²) in [6, 6.07) is 9.79. The molecule has 0 radical (unpaired) electrons. The lowest BCUT2D eigenvalue weighted by atomic mass is 10.1. The lowest BCUT2D eigenvalue weighted by molar-refractivity contribution is 0.460. The van der Waals surface area contributed by atoms with Gasteiger partial charge in [0.1, 0.15) is 17.1 Å². The van der Waals surface area contributed by atoms with E-state index in [9.17, 15) is 0 Å². The zero-order valence-electron chi connectivity index (χ0n) is 11.7. The van der Waals surface area contributed by atoms with Gasteiger partial charge in [-0.05, 0) is 49.2 Å². The molecule has 2 heterocycles. The van der Waals surface area contributed by atoms with Crippen molar-refractivity contribution in [3.05, 3.63) is 57.8 Å². The van der Waals surface area contributed by atoms with Crippen LogP contribution in [-0.2, 0) is 5.88 Å². The van der Waals surface area contributed by atoms with Crippen molar-refractivity contribution in [2.45, 2.75) is 19.7 Å². The molecule has 0 atom stereocenters. The minimum Gasteiger partial charge on any atom is -0.437 e. The van der Waals surface area contributed by atoms with Crippen LogP contribution >= 0.6 is 27.5 Å². The molecule has 0 saturated heterocycles. The molecular weight excluding hydrogens is 352 g/mol. The van der Waals surface area contributed by atoms with Gasteiger partial charge < -0.3 is 4.74 Å². The van der Waals surface area contributed by atoms with E-state index < -0.39 is 0 Å². The first-order valence-corrected chi connectivity index (χ1v) is 7.89. The predicted molar refractivity (Wildman–Crippen MR) is 88.4 cm³/mol. The highest BCUT2D eigenvalue weighted by molar-refractivity contribution is 9.10. The molecule has 0 aliphatic rings. The van der Waals surface area contributed by atoms with Crippen molar-refractivity contribution in [2.24, 2.45) is 0 Å². The molecule has 0 saturated carbocycles. The van der Waals surface area contributed by atoms with Gasteiger partial charge in [0.05, 0.1) is 5.88 Å². The second kappa shape index (κ2) is 5.70. The highest BCUT2D eigenvalue weighted by Crippen LogP contribution is 2.31. The Hall–Kier alpha value is -1.52. The minimum atomic E-state index is 0.342. The number of halogens is 2. The molecule has 3 aromatic rings. The molecule has 5 heteroatoms. The molecular formula is C16H14BrClN2O. The molecule has 0 fully saturated rings. The number of rotatable bonds is 3. The topological polar surface area (TPSA) is 26.5 Å². The average molecular weight is 366 g/mol. The molecule has 0 aliphatic heterocycles. The van der Waals surface area contributed by atoms with Gasteiger partial charge in [-0.3, -0.25) is 4.40 Å². The second-order valence-electron chi connectivity index (χ2n) is 4.90. The van der Waals surface area contributed by atoms with Crippen molar-refractivity contribution in [3.63, 3.8) is 0 Å². The Balaban J connectivity index is 2.06. The normalized spacial score (nSPS) is 11.0. The van der Waals surface area contributed by atoms with Crippen molar-refractivity contribution in [1.29, 1.82) is 0 Å². The summed E-state index contributed by atoms with van der Waals surface area (Å²) in [4.78, 5) is 4.51. The van der Waals surface area contributed by atoms with Crippen LogP contribution in [0.5, 0.6) is 11.6 Å². The zero-order chi connectivity index (χ0) is 15.0. The highest BCUT2D eigenvalue weighted by atomic mass is 79.9. The maximum atomic E-state index is 6.06. The van der Waals surface area contributed by atoms with Gasteiger partial charge in [-0.25, -0.2) is 0 Å². The summed E-state index contributed by atoms with van der Waals surface area (Å²) in [5, 5.41) is 0. The first-order valence-electron chi connectivity index (χ1n) is 6.56. The Labute approximate surface area is 136 Å². The lowest BCUT2D eigenvalue weighted by Gasteiger charge is -2.09.